The van der Waals surface area contributed by atoms with E-state index in [1.165, 1.54) is 21.6 Å². The Balaban J connectivity index is 1.51. The Kier molecular flexibility index (Phi) is 5.87. The largest absolute Gasteiger partial charge is 0.489 e. The van der Waals surface area contributed by atoms with Crippen molar-refractivity contribution in [2.24, 2.45) is 0 Å². The van der Waals surface area contributed by atoms with Gasteiger partial charge in [-0.1, -0.05) is 42.5 Å². The zero-order valence-electron chi connectivity index (χ0n) is 15.7. The smallest absolute Gasteiger partial charge is 0.119 e. The second-order valence-corrected chi connectivity index (χ2v) is 8.00. The number of nitrogens with zero attached hydrogens (tertiary/aromatic N) is 1. The van der Waals surface area contributed by atoms with Crippen LogP contribution in [0.15, 0.2) is 66.0 Å². The van der Waals surface area contributed by atoms with E-state index < -0.39 is 0 Å². The molecule has 2 heterocycles. The number of ether oxygens (including phenoxy) is 1. The molecule has 1 N–H and O–H groups in total. The van der Waals surface area contributed by atoms with Crippen LogP contribution in [0.2, 0.25) is 0 Å². The molecule has 0 saturated carbocycles. The molecule has 3 nitrogen and oxygen atoms in total. The Hall–Kier alpha value is -2.14. The number of nitrogens with one attached hydrogen (secondary N) is 1. The molecule has 0 bridgehead atoms. The van der Waals surface area contributed by atoms with Gasteiger partial charge >= 0.3 is 0 Å². The van der Waals surface area contributed by atoms with Crippen molar-refractivity contribution in [3.05, 3.63) is 87.6 Å². The third-order valence-electron chi connectivity index (χ3n) is 4.98. The molecule has 1 saturated heterocycles. The maximum absolute atomic E-state index is 5.96. The first-order valence-electron chi connectivity index (χ1n) is 9.56. The van der Waals surface area contributed by atoms with Gasteiger partial charge in [-0.15, -0.1) is 11.3 Å². The average molecular weight is 379 g/mol. The van der Waals surface area contributed by atoms with E-state index >= 15 is 0 Å². The standard InChI is InChI=1S/C23H26N2OS/c1-18-15-22(27-17-18)23(25-13-11-24-12-14-25)20-7-9-21(10-8-20)26-16-19-5-3-2-4-6-19/h2-10,15,17,23-24H,11-14,16H2,1H3. The van der Waals surface area contributed by atoms with Crippen molar-refractivity contribution in [1.82, 2.24) is 10.2 Å². The van der Waals surface area contributed by atoms with Crippen molar-refractivity contribution in [2.45, 2.75) is 19.6 Å². The van der Waals surface area contributed by atoms with Gasteiger partial charge < -0.3 is 10.1 Å². The van der Waals surface area contributed by atoms with Crippen molar-refractivity contribution in [2.75, 3.05) is 26.2 Å². The van der Waals surface area contributed by atoms with E-state index in [-0.39, 0.29) is 0 Å². The Labute approximate surface area is 165 Å². The first-order valence-corrected chi connectivity index (χ1v) is 10.4. The Bertz CT molecular complexity index is 838. The minimum Gasteiger partial charge on any atom is -0.489 e. The van der Waals surface area contributed by atoms with Crippen molar-refractivity contribution in [3.8, 4) is 5.75 Å². The van der Waals surface area contributed by atoms with Gasteiger partial charge in [0.05, 0.1) is 6.04 Å². The molecule has 140 valence electrons. The number of rotatable bonds is 6. The maximum Gasteiger partial charge on any atom is 0.119 e. The first kappa shape index (κ1) is 18.2. The number of hydrogen-bond donors (Lipinski definition) is 1. The van der Waals surface area contributed by atoms with Crippen LogP contribution in [0.5, 0.6) is 5.75 Å². The van der Waals surface area contributed by atoms with E-state index in [0.717, 1.165) is 31.9 Å². The molecule has 1 unspecified atom stereocenters. The molecule has 4 heteroatoms. The molecular formula is C23H26N2OS. The fourth-order valence-corrected chi connectivity index (χ4v) is 4.64. The lowest BCUT2D eigenvalue weighted by Crippen LogP contribution is -2.45. The van der Waals surface area contributed by atoms with Gasteiger partial charge in [0.2, 0.25) is 0 Å². The molecule has 1 atom stereocenters. The molecule has 27 heavy (non-hydrogen) atoms. The van der Waals surface area contributed by atoms with Crippen LogP contribution in [-0.4, -0.2) is 31.1 Å². The van der Waals surface area contributed by atoms with Crippen LogP contribution >= 0.6 is 11.3 Å². The highest BCUT2D eigenvalue weighted by molar-refractivity contribution is 7.10. The van der Waals surface area contributed by atoms with Crippen LogP contribution in [0.4, 0.5) is 0 Å². The van der Waals surface area contributed by atoms with Gasteiger partial charge in [-0.25, -0.2) is 0 Å². The summed E-state index contributed by atoms with van der Waals surface area (Å²) in [7, 11) is 0. The van der Waals surface area contributed by atoms with Gasteiger partial charge in [0.25, 0.3) is 0 Å². The number of thiophene rings is 1. The van der Waals surface area contributed by atoms with Crippen molar-refractivity contribution in [1.29, 1.82) is 0 Å². The minimum atomic E-state index is 0.328. The van der Waals surface area contributed by atoms with E-state index in [0.29, 0.717) is 12.6 Å². The Morgan fingerprint density at radius 1 is 1.04 bits per heavy atom. The molecule has 0 spiro atoms. The minimum absolute atomic E-state index is 0.328. The Morgan fingerprint density at radius 2 is 1.78 bits per heavy atom. The average Bonchev–Trinajstić information content (AvgIpc) is 3.15. The van der Waals surface area contributed by atoms with Gasteiger partial charge in [0.1, 0.15) is 12.4 Å². The topological polar surface area (TPSA) is 24.5 Å². The first-order chi connectivity index (χ1) is 13.3. The summed E-state index contributed by atoms with van der Waals surface area (Å²) in [6, 6.07) is 21.6. The summed E-state index contributed by atoms with van der Waals surface area (Å²) in [4.78, 5) is 4.01. The summed E-state index contributed by atoms with van der Waals surface area (Å²) >= 11 is 1.86. The summed E-state index contributed by atoms with van der Waals surface area (Å²) in [5.74, 6) is 0.920. The molecule has 0 aliphatic carbocycles. The maximum atomic E-state index is 5.96. The number of benzene rings is 2. The van der Waals surface area contributed by atoms with Crippen LogP contribution in [0.3, 0.4) is 0 Å². The Morgan fingerprint density at radius 3 is 2.44 bits per heavy atom. The van der Waals surface area contributed by atoms with Crippen LogP contribution in [0.25, 0.3) is 0 Å². The van der Waals surface area contributed by atoms with Gasteiger partial charge in [-0.3, -0.25) is 4.90 Å². The monoisotopic (exact) mass is 378 g/mol. The van der Waals surface area contributed by atoms with E-state index in [9.17, 15) is 0 Å². The summed E-state index contributed by atoms with van der Waals surface area (Å²) in [5, 5.41) is 5.71. The van der Waals surface area contributed by atoms with Gasteiger partial charge in [-0.2, -0.15) is 0 Å². The molecule has 3 aromatic rings. The molecule has 1 aromatic heterocycles. The molecule has 1 fully saturated rings. The van der Waals surface area contributed by atoms with E-state index in [4.69, 9.17) is 4.74 Å². The zero-order valence-corrected chi connectivity index (χ0v) is 16.5. The van der Waals surface area contributed by atoms with E-state index in [2.05, 4.69) is 65.0 Å². The summed E-state index contributed by atoms with van der Waals surface area (Å²) < 4.78 is 5.96. The predicted octanol–water partition coefficient (Wildman–Crippen LogP) is 4.63. The molecule has 1 aliphatic heterocycles. The highest BCUT2D eigenvalue weighted by Gasteiger charge is 2.25. The van der Waals surface area contributed by atoms with Crippen molar-refractivity contribution < 1.29 is 4.74 Å². The van der Waals surface area contributed by atoms with Gasteiger partial charge in [-0.05, 0) is 47.2 Å². The second kappa shape index (κ2) is 8.70. The van der Waals surface area contributed by atoms with Crippen molar-refractivity contribution in [3.63, 3.8) is 0 Å². The lowest BCUT2D eigenvalue weighted by atomic mass is 10.0. The fourth-order valence-electron chi connectivity index (χ4n) is 3.58. The van der Waals surface area contributed by atoms with Crippen LogP contribution in [-0.2, 0) is 6.61 Å². The molecule has 0 amide bonds. The zero-order chi connectivity index (χ0) is 18.5. The molecule has 4 rings (SSSR count). The predicted molar refractivity (Wildman–Crippen MR) is 113 cm³/mol. The number of hydrogen-bond acceptors (Lipinski definition) is 4. The summed E-state index contributed by atoms with van der Waals surface area (Å²) in [6.07, 6.45) is 0. The molecular weight excluding hydrogens is 352 g/mol. The highest BCUT2D eigenvalue weighted by Crippen LogP contribution is 2.34. The number of piperazine rings is 1. The molecule has 1 aliphatic rings. The third kappa shape index (κ3) is 4.59. The molecule has 2 aromatic carbocycles. The second-order valence-electron chi connectivity index (χ2n) is 7.06. The highest BCUT2D eigenvalue weighted by atomic mass is 32.1. The fraction of sp³-hybridized carbons (Fsp3) is 0.304. The van der Waals surface area contributed by atoms with Crippen LogP contribution < -0.4 is 10.1 Å². The van der Waals surface area contributed by atoms with Gasteiger partial charge in [0, 0.05) is 31.1 Å². The lowest BCUT2D eigenvalue weighted by molar-refractivity contribution is 0.200. The van der Waals surface area contributed by atoms with E-state index in [1.54, 1.807) is 0 Å². The van der Waals surface area contributed by atoms with Crippen molar-refractivity contribution >= 4 is 11.3 Å². The normalized spacial score (nSPS) is 16.2. The SMILES string of the molecule is Cc1csc(C(c2ccc(OCc3ccccc3)cc2)N2CCNCC2)c1. The van der Waals surface area contributed by atoms with Crippen LogP contribution in [0.1, 0.15) is 27.6 Å². The van der Waals surface area contributed by atoms with Gasteiger partial charge in [0.15, 0.2) is 0 Å². The summed E-state index contributed by atoms with van der Waals surface area (Å²) in [5.41, 5.74) is 3.87. The quantitative estimate of drug-likeness (QED) is 0.677. The number of aryl methyl sites for hydroxylation is 1. The van der Waals surface area contributed by atoms with Crippen LogP contribution in [0, 0.1) is 6.92 Å². The third-order valence-corrected chi connectivity index (χ3v) is 6.08. The van der Waals surface area contributed by atoms with E-state index in [1.807, 2.05) is 29.5 Å². The summed E-state index contributed by atoms with van der Waals surface area (Å²) in [6.45, 7) is 7.04. The lowest BCUT2D eigenvalue weighted by Gasteiger charge is -2.34. The molecule has 0 radical (unpaired) electrons.